The summed E-state index contributed by atoms with van der Waals surface area (Å²) in [5, 5.41) is 17.4. The van der Waals surface area contributed by atoms with Crippen molar-refractivity contribution >= 4 is 22.5 Å². The third kappa shape index (κ3) is 2.77. The molecule has 0 spiro atoms. The zero-order chi connectivity index (χ0) is 17.4. The van der Waals surface area contributed by atoms with E-state index in [-0.39, 0.29) is 17.7 Å². The lowest BCUT2D eigenvalue weighted by atomic mass is 10.1. The molecule has 1 amide bonds. The Hall–Kier alpha value is -3.09. The number of benzene rings is 1. The first-order valence-corrected chi connectivity index (χ1v) is 8.26. The second-order valence-corrected chi connectivity index (χ2v) is 6.30. The molecule has 2 N–H and O–H groups in total. The molecule has 2 aromatic heterocycles. The number of carbonyl (C=O) groups is 1. The molecule has 25 heavy (non-hydrogen) atoms. The van der Waals surface area contributed by atoms with Gasteiger partial charge < -0.3 is 14.9 Å². The third-order valence-electron chi connectivity index (χ3n) is 4.66. The molecule has 0 saturated carbocycles. The molecule has 7 heteroatoms. The summed E-state index contributed by atoms with van der Waals surface area (Å²) in [5.41, 5.74) is 2.21. The van der Waals surface area contributed by atoms with E-state index in [1.807, 2.05) is 17.0 Å². The van der Waals surface area contributed by atoms with Crippen LogP contribution >= 0.6 is 0 Å². The summed E-state index contributed by atoms with van der Waals surface area (Å²) in [7, 11) is 0. The Kier molecular flexibility index (Phi) is 3.76. The predicted octanol–water partition coefficient (Wildman–Crippen LogP) is 2.01. The largest absolute Gasteiger partial charge is 0.508 e. The van der Waals surface area contributed by atoms with Gasteiger partial charge in [-0.3, -0.25) is 14.9 Å². The predicted molar refractivity (Wildman–Crippen MR) is 94.7 cm³/mol. The van der Waals surface area contributed by atoms with Gasteiger partial charge in [0.15, 0.2) is 5.69 Å². The maximum atomic E-state index is 12.9. The van der Waals surface area contributed by atoms with E-state index in [2.05, 4.69) is 27.0 Å². The fourth-order valence-electron chi connectivity index (χ4n) is 3.38. The Morgan fingerprint density at radius 3 is 2.80 bits per heavy atom. The normalized spacial score (nSPS) is 17.9. The maximum Gasteiger partial charge on any atom is 0.275 e. The highest BCUT2D eigenvalue weighted by Gasteiger charge is 2.29. The number of nitrogens with one attached hydrogen (secondary N) is 1. The quantitative estimate of drug-likeness (QED) is 0.747. The number of amides is 1. The molecule has 1 aromatic carbocycles. The van der Waals surface area contributed by atoms with Crippen molar-refractivity contribution in [3.8, 4) is 5.75 Å². The van der Waals surface area contributed by atoms with Crippen LogP contribution in [0.3, 0.4) is 0 Å². The van der Waals surface area contributed by atoms with Gasteiger partial charge in [-0.2, -0.15) is 5.10 Å². The van der Waals surface area contributed by atoms with Crippen LogP contribution in [0, 0.1) is 0 Å². The van der Waals surface area contributed by atoms with Crippen LogP contribution < -0.4 is 4.90 Å². The number of aromatic nitrogens is 3. The van der Waals surface area contributed by atoms with Gasteiger partial charge in [-0.15, -0.1) is 0 Å². The van der Waals surface area contributed by atoms with Crippen LogP contribution in [0.15, 0.2) is 42.7 Å². The van der Waals surface area contributed by atoms with Gasteiger partial charge in [0, 0.05) is 49.1 Å². The molecule has 4 rings (SSSR count). The van der Waals surface area contributed by atoms with Gasteiger partial charge >= 0.3 is 0 Å². The molecule has 3 heterocycles. The van der Waals surface area contributed by atoms with Crippen molar-refractivity contribution in [2.75, 3.05) is 24.5 Å². The number of hydrogen-bond donors (Lipinski definition) is 2. The third-order valence-corrected chi connectivity index (χ3v) is 4.66. The van der Waals surface area contributed by atoms with Crippen molar-refractivity contribution in [3.63, 3.8) is 0 Å². The maximum absolute atomic E-state index is 12.9. The number of hydrogen-bond acceptors (Lipinski definition) is 5. The van der Waals surface area contributed by atoms with Crippen LogP contribution in [0.4, 0.5) is 5.69 Å². The molecule has 1 saturated heterocycles. The Morgan fingerprint density at radius 2 is 2.04 bits per heavy atom. The number of nitrogens with zero attached hydrogens (tertiary/aromatic N) is 4. The summed E-state index contributed by atoms with van der Waals surface area (Å²) in [5.74, 6) is 0.0110. The number of pyridine rings is 1. The summed E-state index contributed by atoms with van der Waals surface area (Å²) >= 11 is 0. The first kappa shape index (κ1) is 15.4. The SMILES string of the molecule is CC1CN(C(=O)c2n[nH]c3ccc(O)cc23)CCN1c1ccncc1. The Morgan fingerprint density at radius 1 is 1.24 bits per heavy atom. The zero-order valence-corrected chi connectivity index (χ0v) is 13.9. The standard InChI is InChI=1S/C18H19N5O2/c1-12-11-22(8-9-23(12)13-4-6-19-7-5-13)18(25)17-15-10-14(24)2-3-16(15)20-21-17/h2-7,10,12,24H,8-9,11H2,1H3,(H,20,21). The summed E-state index contributed by atoms with van der Waals surface area (Å²) in [6, 6.07) is 9.03. The first-order chi connectivity index (χ1) is 12.1. The molecule has 128 valence electrons. The van der Waals surface area contributed by atoms with Gasteiger partial charge in [0.25, 0.3) is 5.91 Å². The van der Waals surface area contributed by atoms with E-state index in [1.165, 1.54) is 0 Å². The molecule has 1 aliphatic rings. The summed E-state index contributed by atoms with van der Waals surface area (Å²) in [6.45, 7) is 4.10. The lowest BCUT2D eigenvalue weighted by Crippen LogP contribution is -2.53. The van der Waals surface area contributed by atoms with Crippen LogP contribution in [0.5, 0.6) is 5.75 Å². The lowest BCUT2D eigenvalue weighted by molar-refractivity contribution is 0.0722. The molecular formula is C18H19N5O2. The molecule has 1 unspecified atom stereocenters. The average Bonchev–Trinajstić information content (AvgIpc) is 3.04. The minimum absolute atomic E-state index is 0.113. The highest BCUT2D eigenvalue weighted by molar-refractivity contribution is 6.05. The van der Waals surface area contributed by atoms with Gasteiger partial charge in [0.2, 0.25) is 0 Å². The van der Waals surface area contributed by atoms with Gasteiger partial charge in [-0.05, 0) is 37.3 Å². The summed E-state index contributed by atoms with van der Waals surface area (Å²) < 4.78 is 0. The molecule has 0 radical (unpaired) electrons. The van der Waals surface area contributed by atoms with Gasteiger partial charge in [0.1, 0.15) is 5.75 Å². The van der Waals surface area contributed by atoms with Crippen LogP contribution in [0.2, 0.25) is 0 Å². The number of aromatic hydroxyl groups is 1. The second-order valence-electron chi connectivity index (χ2n) is 6.30. The molecule has 1 aliphatic heterocycles. The van der Waals surface area contributed by atoms with E-state index in [0.29, 0.717) is 24.2 Å². The van der Waals surface area contributed by atoms with E-state index < -0.39 is 0 Å². The van der Waals surface area contributed by atoms with Crippen molar-refractivity contribution in [1.29, 1.82) is 0 Å². The number of fused-ring (bicyclic) bond motifs is 1. The fraction of sp³-hybridized carbons (Fsp3) is 0.278. The van der Waals surface area contributed by atoms with Gasteiger partial charge in [-0.25, -0.2) is 0 Å². The van der Waals surface area contributed by atoms with E-state index >= 15 is 0 Å². The molecule has 7 nitrogen and oxygen atoms in total. The van der Waals surface area contributed by atoms with Crippen molar-refractivity contribution in [3.05, 3.63) is 48.4 Å². The minimum atomic E-state index is -0.113. The number of H-pyrrole nitrogens is 1. The van der Waals surface area contributed by atoms with Crippen LogP contribution in [-0.4, -0.2) is 56.8 Å². The number of rotatable bonds is 2. The van der Waals surface area contributed by atoms with Crippen LogP contribution in [0.25, 0.3) is 10.9 Å². The summed E-state index contributed by atoms with van der Waals surface area (Å²) in [6.07, 6.45) is 3.56. The smallest absolute Gasteiger partial charge is 0.275 e. The monoisotopic (exact) mass is 337 g/mol. The van der Waals surface area contributed by atoms with Crippen LogP contribution in [-0.2, 0) is 0 Å². The topological polar surface area (TPSA) is 85.3 Å². The number of aromatic amines is 1. The molecule has 3 aromatic rings. The van der Waals surface area contributed by atoms with E-state index in [4.69, 9.17) is 0 Å². The van der Waals surface area contributed by atoms with E-state index in [0.717, 1.165) is 17.7 Å². The lowest BCUT2D eigenvalue weighted by Gasteiger charge is -2.41. The van der Waals surface area contributed by atoms with Gasteiger partial charge in [0.05, 0.1) is 5.52 Å². The number of carbonyl (C=O) groups excluding carboxylic acids is 1. The Bertz CT molecular complexity index is 908. The number of piperazine rings is 1. The van der Waals surface area contributed by atoms with Crippen molar-refractivity contribution in [1.82, 2.24) is 20.1 Å². The highest BCUT2D eigenvalue weighted by atomic mass is 16.3. The Labute approximate surface area is 144 Å². The minimum Gasteiger partial charge on any atom is -0.508 e. The molecule has 0 bridgehead atoms. The van der Waals surface area contributed by atoms with Crippen molar-refractivity contribution < 1.29 is 9.90 Å². The molecule has 1 atom stereocenters. The second kappa shape index (κ2) is 6.08. The number of phenols is 1. The Balaban J connectivity index is 1.55. The molecule has 0 aliphatic carbocycles. The first-order valence-electron chi connectivity index (χ1n) is 8.26. The fourth-order valence-corrected chi connectivity index (χ4v) is 3.38. The van der Waals surface area contributed by atoms with Crippen molar-refractivity contribution in [2.24, 2.45) is 0 Å². The zero-order valence-electron chi connectivity index (χ0n) is 13.9. The number of anilines is 1. The van der Waals surface area contributed by atoms with E-state index in [9.17, 15) is 9.90 Å². The molecular weight excluding hydrogens is 318 g/mol. The summed E-state index contributed by atoms with van der Waals surface area (Å²) in [4.78, 5) is 21.1. The average molecular weight is 337 g/mol. The van der Waals surface area contributed by atoms with Crippen LogP contribution in [0.1, 0.15) is 17.4 Å². The van der Waals surface area contributed by atoms with E-state index in [1.54, 1.807) is 30.6 Å². The van der Waals surface area contributed by atoms with Gasteiger partial charge in [-0.1, -0.05) is 0 Å². The highest BCUT2D eigenvalue weighted by Crippen LogP contribution is 2.24. The number of phenolic OH excluding ortho intramolecular Hbond substituents is 1. The van der Waals surface area contributed by atoms with Crippen molar-refractivity contribution in [2.45, 2.75) is 13.0 Å². The molecule has 1 fully saturated rings.